The third-order valence-electron chi connectivity index (χ3n) is 5.71. The van der Waals surface area contributed by atoms with Crippen LogP contribution in [0.5, 0.6) is 11.5 Å². The number of aliphatic hydroxyl groups excluding tert-OH is 1. The molecular formula is C23H26N2O5. The standard InChI is InChI=1S/C23H26N2O5/c1-3-29-20-13-15(2)9-10-19(20)30-23(28)24-12-11-17-21(24)18(26)14-25(17)22(27)16-7-5-4-6-8-16/h4-10,13,17-18,21,26H,3,11-12,14H2,1-2H3/t17-,18+,21+/m1/s1. The Morgan fingerprint density at radius 2 is 1.87 bits per heavy atom. The normalized spacial score (nSPS) is 22.7. The number of aliphatic hydroxyl groups is 1. The van der Waals surface area contributed by atoms with Gasteiger partial charge in [0, 0.05) is 18.7 Å². The van der Waals surface area contributed by atoms with E-state index in [4.69, 9.17) is 9.47 Å². The van der Waals surface area contributed by atoms with Crippen molar-refractivity contribution in [1.29, 1.82) is 0 Å². The van der Waals surface area contributed by atoms with Gasteiger partial charge < -0.3 is 24.4 Å². The van der Waals surface area contributed by atoms with Gasteiger partial charge in [-0.25, -0.2) is 4.79 Å². The van der Waals surface area contributed by atoms with Crippen LogP contribution >= 0.6 is 0 Å². The van der Waals surface area contributed by atoms with E-state index in [0.29, 0.717) is 36.6 Å². The molecular weight excluding hydrogens is 384 g/mol. The molecule has 7 heteroatoms. The smallest absolute Gasteiger partial charge is 0.415 e. The maximum Gasteiger partial charge on any atom is 0.415 e. The summed E-state index contributed by atoms with van der Waals surface area (Å²) in [6.45, 7) is 4.87. The van der Waals surface area contributed by atoms with Gasteiger partial charge in [-0.1, -0.05) is 24.3 Å². The van der Waals surface area contributed by atoms with Gasteiger partial charge in [0.25, 0.3) is 5.91 Å². The number of aryl methyl sites for hydroxylation is 1. The molecule has 1 N–H and O–H groups in total. The Hall–Kier alpha value is -3.06. The van der Waals surface area contributed by atoms with Crippen LogP contribution in [-0.4, -0.2) is 64.8 Å². The summed E-state index contributed by atoms with van der Waals surface area (Å²) in [5, 5.41) is 10.7. The van der Waals surface area contributed by atoms with Crippen LogP contribution in [0.3, 0.4) is 0 Å². The lowest BCUT2D eigenvalue weighted by Gasteiger charge is -2.26. The maximum atomic E-state index is 12.9. The number of carbonyl (C=O) groups excluding carboxylic acids is 2. The zero-order valence-electron chi connectivity index (χ0n) is 17.2. The summed E-state index contributed by atoms with van der Waals surface area (Å²) in [7, 11) is 0. The van der Waals surface area contributed by atoms with Crippen LogP contribution in [0.15, 0.2) is 48.5 Å². The molecule has 0 aromatic heterocycles. The zero-order valence-corrected chi connectivity index (χ0v) is 17.2. The minimum atomic E-state index is -0.818. The van der Waals surface area contributed by atoms with E-state index >= 15 is 0 Å². The SMILES string of the molecule is CCOc1cc(C)ccc1OC(=O)N1CC[C@@H]2[C@H]1[C@@H](O)CN2C(=O)c1ccccc1. The molecule has 7 nitrogen and oxygen atoms in total. The highest BCUT2D eigenvalue weighted by Crippen LogP contribution is 2.35. The van der Waals surface area contributed by atoms with Crippen LogP contribution < -0.4 is 9.47 Å². The van der Waals surface area contributed by atoms with Crippen molar-refractivity contribution in [2.24, 2.45) is 0 Å². The summed E-state index contributed by atoms with van der Waals surface area (Å²) in [5.41, 5.74) is 1.58. The number of rotatable bonds is 4. The summed E-state index contributed by atoms with van der Waals surface area (Å²) in [6.07, 6.45) is -0.760. The molecule has 0 aliphatic carbocycles. The summed E-state index contributed by atoms with van der Waals surface area (Å²) >= 11 is 0. The minimum Gasteiger partial charge on any atom is -0.490 e. The highest BCUT2D eigenvalue weighted by molar-refractivity contribution is 5.94. The number of nitrogens with zero attached hydrogens (tertiary/aromatic N) is 2. The number of carbonyl (C=O) groups is 2. The first kappa shape index (κ1) is 20.2. The molecule has 3 atom stereocenters. The second kappa shape index (κ2) is 8.36. The van der Waals surface area contributed by atoms with Gasteiger partial charge >= 0.3 is 6.09 Å². The minimum absolute atomic E-state index is 0.130. The second-order valence-corrected chi connectivity index (χ2v) is 7.68. The highest BCUT2D eigenvalue weighted by Gasteiger charge is 2.52. The molecule has 0 saturated carbocycles. The van der Waals surface area contributed by atoms with Gasteiger partial charge in [-0.2, -0.15) is 0 Å². The van der Waals surface area contributed by atoms with Crippen molar-refractivity contribution in [3.63, 3.8) is 0 Å². The first-order valence-electron chi connectivity index (χ1n) is 10.3. The second-order valence-electron chi connectivity index (χ2n) is 7.68. The van der Waals surface area contributed by atoms with Crippen LogP contribution in [0, 0.1) is 6.92 Å². The number of amides is 2. The molecule has 0 unspecified atom stereocenters. The van der Waals surface area contributed by atoms with Crippen LogP contribution in [0.1, 0.15) is 29.3 Å². The van der Waals surface area contributed by atoms with Gasteiger partial charge in [0.05, 0.1) is 24.8 Å². The first-order chi connectivity index (χ1) is 14.5. The molecule has 2 aliphatic heterocycles. The Balaban J connectivity index is 1.50. The lowest BCUT2D eigenvalue weighted by Crippen LogP contribution is -2.46. The molecule has 0 bridgehead atoms. The van der Waals surface area contributed by atoms with Crippen LogP contribution in [-0.2, 0) is 0 Å². The zero-order chi connectivity index (χ0) is 21.3. The summed E-state index contributed by atoms with van der Waals surface area (Å²) in [6, 6.07) is 13.7. The van der Waals surface area contributed by atoms with E-state index in [2.05, 4.69) is 0 Å². The number of benzene rings is 2. The monoisotopic (exact) mass is 410 g/mol. The predicted molar refractivity (Wildman–Crippen MR) is 111 cm³/mol. The van der Waals surface area contributed by atoms with E-state index in [9.17, 15) is 14.7 Å². The van der Waals surface area contributed by atoms with Gasteiger partial charge in [-0.3, -0.25) is 4.79 Å². The number of ether oxygens (including phenoxy) is 2. The van der Waals surface area contributed by atoms with Crippen LogP contribution in [0.4, 0.5) is 4.79 Å². The molecule has 30 heavy (non-hydrogen) atoms. The van der Waals surface area contributed by atoms with E-state index in [1.165, 1.54) is 4.90 Å². The summed E-state index contributed by atoms with van der Waals surface area (Å²) in [4.78, 5) is 29.0. The van der Waals surface area contributed by atoms with Crippen LogP contribution in [0.2, 0.25) is 0 Å². The maximum absolute atomic E-state index is 12.9. The fourth-order valence-corrected chi connectivity index (χ4v) is 4.36. The average Bonchev–Trinajstić information content (AvgIpc) is 3.32. The Morgan fingerprint density at radius 3 is 2.60 bits per heavy atom. The van der Waals surface area contributed by atoms with Crippen molar-refractivity contribution in [3.8, 4) is 11.5 Å². The number of fused-ring (bicyclic) bond motifs is 1. The van der Waals surface area contributed by atoms with E-state index in [1.807, 2.05) is 44.2 Å². The summed E-state index contributed by atoms with van der Waals surface area (Å²) in [5.74, 6) is 0.726. The van der Waals surface area contributed by atoms with E-state index < -0.39 is 18.2 Å². The van der Waals surface area contributed by atoms with Gasteiger partial charge in [0.2, 0.25) is 0 Å². The van der Waals surface area contributed by atoms with Crippen molar-refractivity contribution in [3.05, 3.63) is 59.7 Å². The Bertz CT molecular complexity index is 932. The molecule has 4 rings (SSSR count). The number of hydrogen-bond donors (Lipinski definition) is 1. The fourth-order valence-electron chi connectivity index (χ4n) is 4.36. The number of β-amino-alcohol motifs (C(OH)–C–C–N with tert-alkyl or cyclic N) is 1. The summed E-state index contributed by atoms with van der Waals surface area (Å²) < 4.78 is 11.2. The third kappa shape index (κ3) is 3.73. The van der Waals surface area contributed by atoms with Crippen LogP contribution in [0.25, 0.3) is 0 Å². The Labute approximate surface area is 175 Å². The molecule has 0 spiro atoms. The molecule has 2 saturated heterocycles. The Morgan fingerprint density at radius 1 is 1.10 bits per heavy atom. The lowest BCUT2D eigenvalue weighted by molar-refractivity contribution is 0.0712. The fraction of sp³-hybridized carbons (Fsp3) is 0.391. The number of likely N-dealkylation sites (tertiary alicyclic amines) is 2. The van der Waals surface area contributed by atoms with Gasteiger partial charge in [0.15, 0.2) is 11.5 Å². The lowest BCUT2D eigenvalue weighted by atomic mass is 10.1. The Kier molecular flexibility index (Phi) is 5.63. The molecule has 0 radical (unpaired) electrons. The largest absolute Gasteiger partial charge is 0.490 e. The molecule has 2 heterocycles. The van der Waals surface area contributed by atoms with Crippen molar-refractivity contribution in [1.82, 2.24) is 9.80 Å². The van der Waals surface area contributed by atoms with Crippen molar-refractivity contribution < 1.29 is 24.2 Å². The van der Waals surface area contributed by atoms with Gasteiger partial charge in [-0.15, -0.1) is 0 Å². The van der Waals surface area contributed by atoms with Crippen molar-refractivity contribution >= 4 is 12.0 Å². The van der Waals surface area contributed by atoms with Gasteiger partial charge in [0.1, 0.15) is 0 Å². The molecule has 158 valence electrons. The van der Waals surface area contributed by atoms with Crippen molar-refractivity contribution in [2.45, 2.75) is 38.5 Å². The molecule has 2 aliphatic rings. The van der Waals surface area contributed by atoms with E-state index in [-0.39, 0.29) is 18.5 Å². The average molecular weight is 410 g/mol. The number of hydrogen-bond acceptors (Lipinski definition) is 5. The topological polar surface area (TPSA) is 79.3 Å². The molecule has 2 fully saturated rings. The van der Waals surface area contributed by atoms with E-state index in [0.717, 1.165) is 5.56 Å². The van der Waals surface area contributed by atoms with Crippen molar-refractivity contribution in [2.75, 3.05) is 19.7 Å². The quantitative estimate of drug-likeness (QED) is 0.839. The molecule has 2 aromatic rings. The molecule has 2 aromatic carbocycles. The highest BCUT2D eigenvalue weighted by atomic mass is 16.6. The van der Waals surface area contributed by atoms with Gasteiger partial charge in [-0.05, 0) is 50.1 Å². The predicted octanol–water partition coefficient (Wildman–Crippen LogP) is 2.85. The first-order valence-corrected chi connectivity index (χ1v) is 10.3. The molecule has 2 amide bonds. The third-order valence-corrected chi connectivity index (χ3v) is 5.71. The van der Waals surface area contributed by atoms with E-state index in [1.54, 1.807) is 23.1 Å².